The third kappa shape index (κ3) is 4.61. The van der Waals surface area contributed by atoms with E-state index in [1.165, 1.54) is 0 Å². The van der Waals surface area contributed by atoms with Crippen molar-refractivity contribution >= 4 is 39.1 Å². The van der Waals surface area contributed by atoms with Crippen molar-refractivity contribution in [3.05, 3.63) is 93.5 Å². The molecule has 1 aliphatic heterocycles. The van der Waals surface area contributed by atoms with Gasteiger partial charge in [0.2, 0.25) is 0 Å². The molecule has 0 radical (unpaired) electrons. The first-order valence-electron chi connectivity index (χ1n) is 10.7. The molecule has 1 heterocycles. The summed E-state index contributed by atoms with van der Waals surface area (Å²) in [6.45, 7) is 2.57. The molecule has 164 valence electrons. The third-order valence-electron chi connectivity index (χ3n) is 5.90. The number of fused-ring (bicyclic) bond motifs is 1. The predicted octanol–water partition coefficient (Wildman–Crippen LogP) is 5.71. The van der Waals surface area contributed by atoms with Crippen LogP contribution in [0.1, 0.15) is 50.7 Å². The topological polar surface area (TPSA) is 61.4 Å². The van der Waals surface area contributed by atoms with Crippen molar-refractivity contribution in [2.45, 2.75) is 25.8 Å². The average molecular weight is 492 g/mol. The maximum Gasteiger partial charge on any atom is 0.258 e. The molecule has 3 aromatic rings. The maximum absolute atomic E-state index is 13.4. The molecular weight excluding hydrogens is 466 g/mol. The molecule has 0 aliphatic carbocycles. The smallest absolute Gasteiger partial charge is 0.258 e. The van der Waals surface area contributed by atoms with Gasteiger partial charge in [-0.2, -0.15) is 0 Å². The fraction of sp³-hybridized carbons (Fsp3) is 0.231. The lowest BCUT2D eigenvalue weighted by atomic mass is 10.0. The SMILES string of the molecule is CNC1CCCN(C(=O)c2ccc(NC(=O)c3ccccc3C)cc2)c2ccc(Br)cc21. The highest BCUT2D eigenvalue weighted by molar-refractivity contribution is 9.10. The molecule has 1 unspecified atom stereocenters. The Kier molecular flexibility index (Phi) is 6.72. The summed E-state index contributed by atoms with van der Waals surface area (Å²) in [6.07, 6.45) is 1.88. The van der Waals surface area contributed by atoms with Crippen molar-refractivity contribution in [2.75, 3.05) is 23.8 Å². The normalized spacial score (nSPS) is 15.6. The summed E-state index contributed by atoms with van der Waals surface area (Å²) in [5.41, 5.74) is 4.87. The molecule has 1 atom stereocenters. The Morgan fingerprint density at radius 1 is 1.03 bits per heavy atom. The second kappa shape index (κ2) is 9.67. The molecule has 0 saturated heterocycles. The van der Waals surface area contributed by atoms with Crippen LogP contribution in [-0.4, -0.2) is 25.4 Å². The van der Waals surface area contributed by atoms with E-state index >= 15 is 0 Å². The number of rotatable bonds is 4. The molecule has 3 aromatic carbocycles. The zero-order valence-electron chi connectivity index (χ0n) is 18.2. The number of aryl methyl sites for hydroxylation is 1. The van der Waals surface area contributed by atoms with Gasteiger partial charge in [-0.1, -0.05) is 34.1 Å². The first kappa shape index (κ1) is 22.2. The number of nitrogens with zero attached hydrogens (tertiary/aromatic N) is 1. The minimum atomic E-state index is -0.160. The average Bonchev–Trinajstić information content (AvgIpc) is 2.98. The van der Waals surface area contributed by atoms with E-state index in [2.05, 4.69) is 32.6 Å². The zero-order valence-corrected chi connectivity index (χ0v) is 19.8. The molecule has 2 amide bonds. The van der Waals surface area contributed by atoms with E-state index in [4.69, 9.17) is 0 Å². The number of anilines is 2. The van der Waals surface area contributed by atoms with E-state index in [0.717, 1.165) is 34.1 Å². The fourth-order valence-electron chi connectivity index (χ4n) is 4.17. The Labute approximate surface area is 197 Å². The van der Waals surface area contributed by atoms with Crippen molar-refractivity contribution in [2.24, 2.45) is 0 Å². The number of benzene rings is 3. The predicted molar refractivity (Wildman–Crippen MR) is 132 cm³/mol. The summed E-state index contributed by atoms with van der Waals surface area (Å²) in [7, 11) is 1.96. The van der Waals surface area contributed by atoms with Crippen LogP contribution < -0.4 is 15.5 Å². The molecule has 6 heteroatoms. The number of carbonyl (C=O) groups is 2. The lowest BCUT2D eigenvalue weighted by molar-refractivity contribution is 0.0985. The van der Waals surface area contributed by atoms with E-state index in [9.17, 15) is 9.59 Å². The van der Waals surface area contributed by atoms with E-state index < -0.39 is 0 Å². The van der Waals surface area contributed by atoms with Crippen LogP contribution in [0.15, 0.2) is 71.2 Å². The van der Waals surface area contributed by atoms with E-state index in [1.54, 1.807) is 30.3 Å². The molecule has 0 aromatic heterocycles. The second-order valence-corrected chi connectivity index (χ2v) is 8.91. The van der Waals surface area contributed by atoms with Crippen LogP contribution >= 0.6 is 15.9 Å². The van der Waals surface area contributed by atoms with Gasteiger partial charge in [-0.05, 0) is 86.5 Å². The van der Waals surface area contributed by atoms with Crippen LogP contribution in [-0.2, 0) is 0 Å². The summed E-state index contributed by atoms with van der Waals surface area (Å²) in [5, 5.41) is 6.28. The van der Waals surface area contributed by atoms with Gasteiger partial charge in [-0.25, -0.2) is 0 Å². The van der Waals surface area contributed by atoms with Gasteiger partial charge in [-0.3, -0.25) is 9.59 Å². The fourth-order valence-corrected chi connectivity index (χ4v) is 4.55. The van der Waals surface area contributed by atoms with Crippen molar-refractivity contribution in [1.82, 2.24) is 5.32 Å². The molecule has 4 rings (SSSR count). The van der Waals surface area contributed by atoms with E-state index in [0.29, 0.717) is 23.4 Å². The number of amides is 2. The van der Waals surface area contributed by atoms with Gasteiger partial charge in [0.25, 0.3) is 11.8 Å². The minimum absolute atomic E-state index is 0.0397. The molecule has 0 spiro atoms. The first-order chi connectivity index (χ1) is 15.5. The first-order valence-corrected chi connectivity index (χ1v) is 11.5. The number of hydrogen-bond acceptors (Lipinski definition) is 3. The molecule has 32 heavy (non-hydrogen) atoms. The third-order valence-corrected chi connectivity index (χ3v) is 6.40. The van der Waals surface area contributed by atoms with Gasteiger partial charge in [0.05, 0.1) is 0 Å². The van der Waals surface area contributed by atoms with Gasteiger partial charge in [0.1, 0.15) is 0 Å². The summed E-state index contributed by atoms with van der Waals surface area (Å²) >= 11 is 3.56. The largest absolute Gasteiger partial charge is 0.322 e. The molecule has 0 bridgehead atoms. The standard InChI is InChI=1S/C26H26BrN3O2/c1-17-6-3-4-7-21(17)25(31)29-20-12-9-18(10-13-20)26(32)30-15-5-8-23(28-2)22-16-19(27)11-14-24(22)30/h3-4,6-7,9-14,16,23,28H,5,8,15H2,1-2H3,(H,29,31). The summed E-state index contributed by atoms with van der Waals surface area (Å²) in [4.78, 5) is 27.8. The zero-order chi connectivity index (χ0) is 22.7. The van der Waals surface area contributed by atoms with Crippen LogP contribution in [0.3, 0.4) is 0 Å². The van der Waals surface area contributed by atoms with Crippen molar-refractivity contribution in [3.63, 3.8) is 0 Å². The summed E-state index contributed by atoms with van der Waals surface area (Å²) < 4.78 is 1.000. The quantitative estimate of drug-likeness (QED) is 0.491. The number of nitrogens with one attached hydrogen (secondary N) is 2. The monoisotopic (exact) mass is 491 g/mol. The Morgan fingerprint density at radius 2 is 1.78 bits per heavy atom. The second-order valence-electron chi connectivity index (χ2n) is 7.99. The summed E-state index contributed by atoms with van der Waals surface area (Å²) in [5.74, 6) is -0.200. The lowest BCUT2D eigenvalue weighted by Gasteiger charge is -2.24. The lowest BCUT2D eigenvalue weighted by Crippen LogP contribution is -2.31. The van der Waals surface area contributed by atoms with Gasteiger partial charge >= 0.3 is 0 Å². The summed E-state index contributed by atoms with van der Waals surface area (Å²) in [6, 6.07) is 20.8. The Balaban J connectivity index is 1.55. The van der Waals surface area contributed by atoms with Gasteiger partial charge < -0.3 is 15.5 Å². The van der Waals surface area contributed by atoms with Crippen LogP contribution in [0.4, 0.5) is 11.4 Å². The molecule has 0 fully saturated rings. The maximum atomic E-state index is 13.4. The van der Waals surface area contributed by atoms with Crippen LogP contribution in [0.2, 0.25) is 0 Å². The Morgan fingerprint density at radius 3 is 2.50 bits per heavy atom. The molecule has 0 saturated carbocycles. The van der Waals surface area contributed by atoms with E-state index in [1.807, 2.05) is 49.2 Å². The molecular formula is C26H26BrN3O2. The number of hydrogen-bond donors (Lipinski definition) is 2. The molecule has 5 nitrogen and oxygen atoms in total. The van der Waals surface area contributed by atoms with Crippen molar-refractivity contribution < 1.29 is 9.59 Å². The highest BCUT2D eigenvalue weighted by Gasteiger charge is 2.26. The molecule has 1 aliphatic rings. The number of halogens is 1. The van der Waals surface area contributed by atoms with Gasteiger partial charge in [0, 0.05) is 39.6 Å². The van der Waals surface area contributed by atoms with Gasteiger partial charge in [0.15, 0.2) is 0 Å². The highest BCUT2D eigenvalue weighted by atomic mass is 79.9. The van der Waals surface area contributed by atoms with Crippen molar-refractivity contribution in [1.29, 1.82) is 0 Å². The van der Waals surface area contributed by atoms with Crippen molar-refractivity contribution in [3.8, 4) is 0 Å². The van der Waals surface area contributed by atoms with Crippen LogP contribution in [0, 0.1) is 6.92 Å². The Hall–Kier alpha value is -2.96. The number of carbonyl (C=O) groups excluding carboxylic acids is 2. The molecule has 2 N–H and O–H groups in total. The van der Waals surface area contributed by atoms with Gasteiger partial charge in [-0.15, -0.1) is 0 Å². The highest BCUT2D eigenvalue weighted by Crippen LogP contribution is 2.35. The Bertz CT molecular complexity index is 1140. The van der Waals surface area contributed by atoms with Crippen LogP contribution in [0.25, 0.3) is 0 Å². The minimum Gasteiger partial charge on any atom is -0.322 e. The van der Waals surface area contributed by atoms with Crippen LogP contribution in [0.5, 0.6) is 0 Å². The van der Waals surface area contributed by atoms with E-state index in [-0.39, 0.29) is 17.9 Å².